The Hall–Kier alpha value is -4.51. The lowest BCUT2D eigenvalue weighted by Gasteiger charge is -2.09. The van der Waals surface area contributed by atoms with Gasteiger partial charge in [-0.1, -0.05) is 72.8 Å². The highest BCUT2D eigenvalue weighted by Crippen LogP contribution is 2.44. The molecule has 0 amide bonds. The zero-order valence-corrected chi connectivity index (χ0v) is 18.8. The van der Waals surface area contributed by atoms with Crippen molar-refractivity contribution in [1.29, 1.82) is 0 Å². The van der Waals surface area contributed by atoms with Gasteiger partial charge in [0.05, 0.1) is 17.0 Å². The van der Waals surface area contributed by atoms with Crippen LogP contribution in [0.1, 0.15) is 48.9 Å². The number of carbonyl (C=O) groups is 3. The maximum absolute atomic E-state index is 12.6. The van der Waals surface area contributed by atoms with Gasteiger partial charge in [-0.05, 0) is 57.6 Å². The molecular weight excluding hydrogens is 440 g/mol. The topological polar surface area (TPSA) is 69.7 Å². The van der Waals surface area contributed by atoms with E-state index >= 15 is 0 Å². The number of aldehydes is 1. The van der Waals surface area contributed by atoms with Crippen LogP contribution in [0, 0.1) is 0 Å². The Morgan fingerprint density at radius 3 is 1.46 bits per heavy atom. The van der Waals surface area contributed by atoms with E-state index in [1.165, 1.54) is 0 Å². The quantitative estimate of drug-likeness (QED) is 0.260. The van der Waals surface area contributed by atoms with Gasteiger partial charge >= 0.3 is 11.9 Å². The third kappa shape index (κ3) is 4.62. The second-order valence-corrected chi connectivity index (χ2v) is 8.34. The van der Waals surface area contributed by atoms with Crippen LogP contribution in [-0.2, 0) is 27.5 Å². The Morgan fingerprint density at radius 1 is 0.629 bits per heavy atom. The van der Waals surface area contributed by atoms with Crippen molar-refractivity contribution in [3.8, 4) is 11.1 Å². The van der Waals surface area contributed by atoms with E-state index < -0.39 is 17.9 Å². The molecule has 0 aliphatic heterocycles. The molecule has 0 radical (unpaired) electrons. The molecule has 0 saturated heterocycles. The Bertz CT molecular complexity index is 1290. The normalized spacial score (nSPS) is 11.9. The molecule has 5 nitrogen and oxygen atoms in total. The Kier molecular flexibility index (Phi) is 6.22. The molecule has 0 bridgehead atoms. The first-order valence-corrected chi connectivity index (χ1v) is 11.3. The minimum Gasteiger partial charge on any atom is -0.457 e. The van der Waals surface area contributed by atoms with Gasteiger partial charge in [0.1, 0.15) is 19.5 Å². The highest BCUT2D eigenvalue weighted by molar-refractivity contribution is 5.96. The first kappa shape index (κ1) is 22.3. The number of benzene rings is 4. The van der Waals surface area contributed by atoms with Crippen LogP contribution in [0.2, 0.25) is 0 Å². The van der Waals surface area contributed by atoms with Crippen molar-refractivity contribution >= 4 is 18.2 Å². The summed E-state index contributed by atoms with van der Waals surface area (Å²) in [6, 6.07) is 29.3. The van der Waals surface area contributed by atoms with Crippen LogP contribution in [0.15, 0.2) is 97.1 Å². The molecule has 0 fully saturated rings. The zero-order valence-electron chi connectivity index (χ0n) is 18.8. The van der Waals surface area contributed by atoms with Crippen LogP contribution in [-0.4, -0.2) is 18.2 Å². The van der Waals surface area contributed by atoms with E-state index in [0.717, 1.165) is 39.7 Å². The molecule has 0 aromatic heterocycles. The molecule has 0 saturated carbocycles. The van der Waals surface area contributed by atoms with Gasteiger partial charge in [0.15, 0.2) is 0 Å². The van der Waals surface area contributed by atoms with Crippen LogP contribution < -0.4 is 0 Å². The molecule has 4 aromatic rings. The molecule has 0 atom stereocenters. The Morgan fingerprint density at radius 2 is 1.06 bits per heavy atom. The molecule has 0 N–H and O–H groups in total. The van der Waals surface area contributed by atoms with Gasteiger partial charge in [0.2, 0.25) is 0 Å². The van der Waals surface area contributed by atoms with E-state index in [9.17, 15) is 14.4 Å². The zero-order chi connectivity index (χ0) is 24.2. The van der Waals surface area contributed by atoms with Crippen molar-refractivity contribution in [2.75, 3.05) is 0 Å². The van der Waals surface area contributed by atoms with E-state index in [-0.39, 0.29) is 13.2 Å². The smallest absolute Gasteiger partial charge is 0.338 e. The van der Waals surface area contributed by atoms with Crippen LogP contribution in [0.5, 0.6) is 0 Å². The molecule has 0 unspecified atom stereocenters. The average Bonchev–Trinajstić information content (AvgIpc) is 3.23. The number of ether oxygens (including phenoxy) is 2. The summed E-state index contributed by atoms with van der Waals surface area (Å²) < 4.78 is 10.9. The van der Waals surface area contributed by atoms with Crippen LogP contribution in [0.4, 0.5) is 0 Å². The van der Waals surface area contributed by atoms with Crippen molar-refractivity contribution in [1.82, 2.24) is 0 Å². The molecule has 0 heterocycles. The van der Waals surface area contributed by atoms with E-state index in [0.29, 0.717) is 11.1 Å². The molecule has 1 aliphatic rings. The van der Waals surface area contributed by atoms with Crippen molar-refractivity contribution in [3.63, 3.8) is 0 Å². The molecule has 1 aliphatic carbocycles. The second-order valence-electron chi connectivity index (χ2n) is 8.34. The summed E-state index contributed by atoms with van der Waals surface area (Å²) in [6.45, 7) is 0.338. The summed E-state index contributed by atoms with van der Waals surface area (Å²) in [5, 5.41) is 0. The predicted octanol–water partition coefficient (Wildman–Crippen LogP) is 5.71. The number of fused-ring (bicyclic) bond motifs is 3. The van der Waals surface area contributed by atoms with E-state index in [2.05, 4.69) is 0 Å². The summed E-state index contributed by atoms with van der Waals surface area (Å²) in [5.74, 6) is -1.49. The summed E-state index contributed by atoms with van der Waals surface area (Å²) in [7, 11) is 0. The van der Waals surface area contributed by atoms with Crippen LogP contribution >= 0.6 is 0 Å². The molecule has 4 aromatic carbocycles. The largest absolute Gasteiger partial charge is 0.457 e. The van der Waals surface area contributed by atoms with Gasteiger partial charge in [0.25, 0.3) is 0 Å². The van der Waals surface area contributed by atoms with Crippen molar-refractivity contribution < 1.29 is 23.9 Å². The van der Waals surface area contributed by atoms with E-state index in [1.807, 2.05) is 72.8 Å². The third-order valence-corrected chi connectivity index (χ3v) is 6.10. The van der Waals surface area contributed by atoms with Gasteiger partial charge in [-0.3, -0.25) is 0 Å². The maximum Gasteiger partial charge on any atom is 0.338 e. The minimum absolute atomic E-state index is 0.169. The fourth-order valence-electron chi connectivity index (χ4n) is 4.31. The lowest BCUT2D eigenvalue weighted by atomic mass is 9.96. The number of carbonyl (C=O) groups excluding carboxylic acids is 3. The average molecular weight is 463 g/mol. The lowest BCUT2D eigenvalue weighted by Crippen LogP contribution is -2.07. The number of esters is 2. The molecule has 0 spiro atoms. The first-order chi connectivity index (χ1) is 17.1. The minimum atomic E-state index is -0.580. The predicted molar refractivity (Wildman–Crippen MR) is 131 cm³/mol. The highest BCUT2D eigenvalue weighted by Gasteiger charge is 2.30. The maximum atomic E-state index is 12.6. The van der Waals surface area contributed by atoms with Crippen molar-refractivity contribution in [2.45, 2.75) is 19.1 Å². The monoisotopic (exact) mass is 462 g/mol. The molecule has 172 valence electrons. The van der Waals surface area contributed by atoms with Gasteiger partial charge in [-0.25, -0.2) is 9.59 Å². The number of rotatable bonds is 7. The Balaban J connectivity index is 1.34. The van der Waals surface area contributed by atoms with E-state index in [4.69, 9.17) is 9.47 Å². The Labute approximate surface area is 202 Å². The van der Waals surface area contributed by atoms with Gasteiger partial charge in [0, 0.05) is 0 Å². The van der Waals surface area contributed by atoms with Gasteiger partial charge in [-0.15, -0.1) is 0 Å². The standard InChI is InChI=1S/C30H22O5/c31-17-28-26-15-22(29(32)34-18-20-7-3-1-4-8-20)11-13-24(26)25-14-12-23(16-27(25)28)30(33)35-19-21-9-5-2-6-10-21/h1-17,28H,18-19H2. The SMILES string of the molecule is O=CC1c2cc(C(=O)OCc3ccccc3)ccc2-c2ccc(C(=O)OCc3ccccc3)cc21. The first-order valence-electron chi connectivity index (χ1n) is 11.3. The summed E-state index contributed by atoms with van der Waals surface area (Å²) in [4.78, 5) is 37.4. The van der Waals surface area contributed by atoms with Crippen molar-refractivity contribution in [3.05, 3.63) is 130 Å². The van der Waals surface area contributed by atoms with Gasteiger partial charge in [-0.2, -0.15) is 0 Å². The molecule has 5 rings (SSSR count). The fraction of sp³-hybridized carbons (Fsp3) is 0.100. The fourth-order valence-corrected chi connectivity index (χ4v) is 4.31. The van der Waals surface area contributed by atoms with Crippen LogP contribution in [0.25, 0.3) is 11.1 Å². The number of hydrogen-bond donors (Lipinski definition) is 0. The second kappa shape index (κ2) is 9.77. The lowest BCUT2D eigenvalue weighted by molar-refractivity contribution is -0.108. The summed E-state index contributed by atoms with van der Waals surface area (Å²) in [6.07, 6.45) is 0.836. The number of hydrogen-bond acceptors (Lipinski definition) is 5. The summed E-state index contributed by atoms with van der Waals surface area (Å²) in [5.41, 5.74) is 5.71. The van der Waals surface area contributed by atoms with Gasteiger partial charge < -0.3 is 14.3 Å². The van der Waals surface area contributed by atoms with Crippen LogP contribution in [0.3, 0.4) is 0 Å². The van der Waals surface area contributed by atoms with Crippen molar-refractivity contribution in [2.24, 2.45) is 0 Å². The molecular formula is C30H22O5. The van der Waals surface area contributed by atoms with E-state index in [1.54, 1.807) is 24.3 Å². The highest BCUT2D eigenvalue weighted by atomic mass is 16.5. The summed E-state index contributed by atoms with van der Waals surface area (Å²) >= 11 is 0. The third-order valence-electron chi connectivity index (χ3n) is 6.10. The molecule has 35 heavy (non-hydrogen) atoms. The molecule has 5 heteroatoms.